The zero-order valence-electron chi connectivity index (χ0n) is 18.0. The lowest BCUT2D eigenvalue weighted by atomic mass is 10.2. The molecule has 1 saturated heterocycles. The first-order valence-electron chi connectivity index (χ1n) is 10.3. The highest BCUT2D eigenvalue weighted by Crippen LogP contribution is 2.37. The van der Waals surface area contributed by atoms with E-state index in [0.29, 0.717) is 47.2 Å². The fraction of sp³-hybridized carbons (Fsp3) is 0.261. The normalized spacial score (nSPS) is 15.8. The topological polar surface area (TPSA) is 76.6 Å². The maximum absolute atomic E-state index is 14.4. The van der Waals surface area contributed by atoms with Crippen LogP contribution in [0.1, 0.15) is 6.42 Å². The number of fused-ring (bicyclic) bond motifs is 1. The van der Waals surface area contributed by atoms with E-state index in [4.69, 9.17) is 21.1 Å². The van der Waals surface area contributed by atoms with Crippen molar-refractivity contribution in [3.63, 3.8) is 0 Å². The third kappa shape index (κ3) is 5.07. The zero-order valence-corrected chi connectivity index (χ0v) is 20.4. The number of ether oxygens (including phenoxy) is 2. The van der Waals surface area contributed by atoms with Gasteiger partial charge < -0.3 is 19.7 Å². The van der Waals surface area contributed by atoms with Crippen LogP contribution in [0.2, 0.25) is 5.02 Å². The van der Waals surface area contributed by atoms with E-state index in [1.54, 1.807) is 23.1 Å². The molecule has 0 aliphatic carbocycles. The zero-order chi connectivity index (χ0) is 24.2. The second kappa shape index (κ2) is 10.5. The smallest absolute Gasteiger partial charge is 0.246 e. The van der Waals surface area contributed by atoms with Gasteiger partial charge in [-0.05, 0) is 24.3 Å². The van der Waals surface area contributed by atoms with Gasteiger partial charge in [-0.1, -0.05) is 33.6 Å². The number of nitrogens with one attached hydrogen (secondary N) is 1. The summed E-state index contributed by atoms with van der Waals surface area (Å²) in [7, 11) is 1.51. The Morgan fingerprint density at radius 3 is 2.91 bits per heavy atom. The predicted octanol–water partition coefficient (Wildman–Crippen LogP) is 5.24. The summed E-state index contributed by atoms with van der Waals surface area (Å²) in [4.78, 5) is 22.4. The Hall–Kier alpha value is -2.98. The van der Waals surface area contributed by atoms with Crippen LogP contribution in [0.5, 0.6) is 11.5 Å². The van der Waals surface area contributed by atoms with Gasteiger partial charge in [-0.15, -0.1) is 0 Å². The van der Waals surface area contributed by atoms with E-state index < -0.39 is 16.7 Å². The van der Waals surface area contributed by atoms with Crippen molar-refractivity contribution in [1.29, 1.82) is 0 Å². The van der Waals surface area contributed by atoms with Crippen LogP contribution < -0.4 is 14.8 Å². The number of likely N-dealkylation sites (tertiary alicyclic amines) is 1. The first kappa shape index (κ1) is 24.2. The summed E-state index contributed by atoms with van der Waals surface area (Å²) in [6.45, 7) is 1.01. The molecule has 3 aromatic rings. The van der Waals surface area contributed by atoms with Gasteiger partial charge >= 0.3 is 0 Å². The third-order valence-corrected chi connectivity index (χ3v) is 6.03. The van der Waals surface area contributed by atoms with Gasteiger partial charge in [0.2, 0.25) is 5.91 Å². The van der Waals surface area contributed by atoms with Crippen molar-refractivity contribution in [3.8, 4) is 11.5 Å². The Kier molecular flexibility index (Phi) is 7.47. The maximum Gasteiger partial charge on any atom is 0.246 e. The van der Waals surface area contributed by atoms with Crippen molar-refractivity contribution >= 4 is 55.8 Å². The number of benzene rings is 2. The molecule has 0 spiro atoms. The summed E-state index contributed by atoms with van der Waals surface area (Å²) in [5.74, 6) is -0.691. The first-order chi connectivity index (χ1) is 16.4. The molecule has 11 heteroatoms. The van der Waals surface area contributed by atoms with E-state index >= 15 is 0 Å². The Morgan fingerprint density at radius 2 is 2.15 bits per heavy atom. The van der Waals surface area contributed by atoms with Crippen molar-refractivity contribution in [2.45, 2.75) is 12.5 Å². The Balaban J connectivity index is 1.62. The molecule has 1 fully saturated rings. The number of methoxy groups -OCH3 is 1. The lowest BCUT2D eigenvalue weighted by Crippen LogP contribution is -2.29. The fourth-order valence-corrected chi connectivity index (χ4v) is 3.97. The van der Waals surface area contributed by atoms with Gasteiger partial charge in [-0.25, -0.2) is 18.7 Å². The predicted molar refractivity (Wildman–Crippen MR) is 129 cm³/mol. The van der Waals surface area contributed by atoms with Gasteiger partial charge in [0.15, 0.2) is 17.3 Å². The molecule has 0 saturated carbocycles. The average molecular weight is 554 g/mol. The minimum atomic E-state index is -0.928. The van der Waals surface area contributed by atoms with Gasteiger partial charge in [0.1, 0.15) is 29.1 Å². The van der Waals surface area contributed by atoms with Gasteiger partial charge in [-0.3, -0.25) is 4.79 Å². The van der Waals surface area contributed by atoms with Gasteiger partial charge in [0.25, 0.3) is 0 Å². The van der Waals surface area contributed by atoms with Crippen molar-refractivity contribution in [1.82, 2.24) is 14.9 Å². The molecule has 1 aliphatic rings. The van der Waals surface area contributed by atoms with E-state index in [9.17, 15) is 13.6 Å². The average Bonchev–Trinajstić information content (AvgIpc) is 3.31. The number of anilines is 2. The minimum absolute atomic E-state index is 0.0360. The van der Waals surface area contributed by atoms with Crippen molar-refractivity contribution < 1.29 is 23.0 Å². The monoisotopic (exact) mass is 552 g/mol. The fourth-order valence-electron chi connectivity index (χ4n) is 3.62. The second-order valence-electron chi connectivity index (χ2n) is 7.46. The lowest BCUT2D eigenvalue weighted by molar-refractivity contribution is -0.125. The SMILES string of the molecule is COc1cc2ncnc(Nc3ccc(F)c(Cl)c3F)c2cc1O[C@H]1CCN(C(=O)/C=C/CBr)C1. The van der Waals surface area contributed by atoms with Crippen LogP contribution in [0.25, 0.3) is 10.9 Å². The van der Waals surface area contributed by atoms with Gasteiger partial charge in [0.05, 0.1) is 24.9 Å². The molecule has 4 rings (SSSR count). The minimum Gasteiger partial charge on any atom is -0.493 e. The van der Waals surface area contributed by atoms with Crippen LogP contribution in [0.4, 0.5) is 20.3 Å². The van der Waals surface area contributed by atoms with Crippen LogP contribution in [-0.2, 0) is 4.79 Å². The number of carbonyl (C=O) groups excluding carboxylic acids is 1. The summed E-state index contributed by atoms with van der Waals surface area (Å²) in [5, 5.41) is 3.37. The summed E-state index contributed by atoms with van der Waals surface area (Å²) in [6, 6.07) is 5.67. The maximum atomic E-state index is 14.4. The number of hydrogen-bond donors (Lipinski definition) is 1. The molecular formula is C23H20BrClF2N4O3. The van der Waals surface area contributed by atoms with Crippen molar-refractivity contribution in [2.24, 2.45) is 0 Å². The summed E-state index contributed by atoms with van der Waals surface area (Å²) < 4.78 is 39.6. The largest absolute Gasteiger partial charge is 0.493 e. The van der Waals surface area contributed by atoms with E-state index in [0.717, 1.165) is 6.07 Å². The number of aromatic nitrogens is 2. The number of alkyl halides is 1. The highest BCUT2D eigenvalue weighted by molar-refractivity contribution is 9.09. The first-order valence-corrected chi connectivity index (χ1v) is 11.8. The summed E-state index contributed by atoms with van der Waals surface area (Å²) in [5.41, 5.74) is 0.490. The molecule has 2 heterocycles. The Bertz CT molecular complexity index is 1260. The number of hydrogen-bond acceptors (Lipinski definition) is 6. The molecule has 1 N–H and O–H groups in total. The Morgan fingerprint density at radius 1 is 1.32 bits per heavy atom. The molecule has 0 unspecified atom stereocenters. The van der Waals surface area contributed by atoms with Gasteiger partial charge in [-0.2, -0.15) is 0 Å². The molecule has 0 bridgehead atoms. The van der Waals surface area contributed by atoms with Crippen LogP contribution in [0.3, 0.4) is 0 Å². The third-order valence-electron chi connectivity index (χ3n) is 5.31. The van der Waals surface area contributed by atoms with E-state index in [2.05, 4.69) is 31.2 Å². The lowest BCUT2D eigenvalue weighted by Gasteiger charge is -2.18. The quantitative estimate of drug-likeness (QED) is 0.245. The molecule has 1 atom stereocenters. The van der Waals surface area contributed by atoms with Gasteiger partial charge in [0, 0.05) is 29.7 Å². The molecule has 7 nitrogen and oxygen atoms in total. The summed E-state index contributed by atoms with van der Waals surface area (Å²) in [6.07, 6.45) is 5.01. The van der Waals surface area contributed by atoms with Crippen molar-refractivity contribution in [2.75, 3.05) is 30.8 Å². The molecular weight excluding hydrogens is 534 g/mol. The molecule has 1 aromatic heterocycles. The standard InChI is InChI=1S/C23H20BrClF2N4O3/c1-33-18-10-17-14(9-19(18)34-13-6-8-31(11-13)20(32)3-2-7-24)23(29-12-28-17)30-16-5-4-15(26)21(25)22(16)27/h2-5,9-10,12-13H,6-8,11H2,1H3,(H,28,29,30)/b3-2+/t13-/m0/s1. The van der Waals surface area contributed by atoms with E-state index in [-0.39, 0.29) is 23.5 Å². The number of nitrogens with zero attached hydrogens (tertiary/aromatic N) is 3. The Labute approximate surface area is 207 Å². The summed E-state index contributed by atoms with van der Waals surface area (Å²) >= 11 is 8.96. The number of rotatable bonds is 7. The molecule has 34 heavy (non-hydrogen) atoms. The second-order valence-corrected chi connectivity index (χ2v) is 8.49. The number of allylic oxidation sites excluding steroid dienone is 1. The molecule has 2 aromatic carbocycles. The van der Waals surface area contributed by atoms with E-state index in [1.165, 1.54) is 25.6 Å². The molecule has 178 valence electrons. The van der Waals surface area contributed by atoms with Crippen LogP contribution >= 0.6 is 27.5 Å². The number of carbonyl (C=O) groups is 1. The van der Waals surface area contributed by atoms with Crippen LogP contribution in [0.15, 0.2) is 42.7 Å². The number of amides is 1. The molecule has 1 aliphatic heterocycles. The van der Waals surface area contributed by atoms with Crippen molar-refractivity contribution in [3.05, 3.63) is 59.4 Å². The van der Waals surface area contributed by atoms with E-state index in [1.807, 2.05) is 0 Å². The highest BCUT2D eigenvalue weighted by atomic mass is 79.9. The molecule has 1 amide bonds. The molecule has 0 radical (unpaired) electrons. The van der Waals surface area contributed by atoms with Crippen LogP contribution in [-0.4, -0.2) is 52.4 Å². The number of halogens is 4. The highest BCUT2D eigenvalue weighted by Gasteiger charge is 2.27. The van der Waals surface area contributed by atoms with Crippen LogP contribution in [0, 0.1) is 11.6 Å².